The second-order valence-electron chi connectivity index (χ2n) is 6.47. The molecule has 28 heavy (non-hydrogen) atoms. The van der Waals surface area contributed by atoms with Crippen LogP contribution in [0.5, 0.6) is 0 Å². The summed E-state index contributed by atoms with van der Waals surface area (Å²) in [7, 11) is 3.68. The highest BCUT2D eigenvalue weighted by Gasteiger charge is 2.18. The molecule has 0 fully saturated rings. The summed E-state index contributed by atoms with van der Waals surface area (Å²) >= 11 is 0. The second-order valence-corrected chi connectivity index (χ2v) is 6.47. The molecule has 1 N–H and O–H groups in total. The number of likely N-dealkylation sites (N-methyl/N-ethyl adjacent to an activating group) is 1. The summed E-state index contributed by atoms with van der Waals surface area (Å²) in [5.41, 5.74) is 2.84. The van der Waals surface area contributed by atoms with E-state index < -0.39 is 0 Å². The summed E-state index contributed by atoms with van der Waals surface area (Å²) in [5, 5.41) is 7.63. The Morgan fingerprint density at radius 3 is 2.71 bits per heavy atom. The fourth-order valence-corrected chi connectivity index (χ4v) is 2.78. The predicted molar refractivity (Wildman–Crippen MR) is 109 cm³/mol. The molecule has 7 nitrogen and oxygen atoms in total. The summed E-state index contributed by atoms with van der Waals surface area (Å²) in [6.07, 6.45) is 5.18. The van der Waals surface area contributed by atoms with Crippen molar-refractivity contribution < 1.29 is 9.53 Å². The number of ether oxygens (including phenoxy) is 1. The Balaban J connectivity index is 1.78. The van der Waals surface area contributed by atoms with Crippen molar-refractivity contribution in [2.75, 3.05) is 40.4 Å². The SMILES string of the molecule is COCCN(C)CCNC(=O)c1cn(-c2ccccc2)nc1-c1cccnc1. The molecule has 0 aliphatic heterocycles. The Bertz CT molecular complexity index is 880. The van der Waals surface area contributed by atoms with E-state index in [0.717, 1.165) is 24.3 Å². The Morgan fingerprint density at radius 1 is 1.18 bits per heavy atom. The fraction of sp³-hybridized carbons (Fsp3) is 0.286. The molecular formula is C21H25N5O2. The van der Waals surface area contributed by atoms with Gasteiger partial charge in [-0.05, 0) is 31.3 Å². The summed E-state index contributed by atoms with van der Waals surface area (Å²) in [5.74, 6) is -0.152. The zero-order valence-corrected chi connectivity index (χ0v) is 16.2. The summed E-state index contributed by atoms with van der Waals surface area (Å²) in [6, 6.07) is 13.5. The highest BCUT2D eigenvalue weighted by atomic mass is 16.5. The van der Waals surface area contributed by atoms with E-state index in [2.05, 4.69) is 20.3 Å². The van der Waals surface area contributed by atoms with E-state index in [1.54, 1.807) is 30.4 Å². The predicted octanol–water partition coefficient (Wildman–Crippen LogP) is 2.24. The van der Waals surface area contributed by atoms with Crippen LogP contribution < -0.4 is 5.32 Å². The van der Waals surface area contributed by atoms with E-state index in [1.165, 1.54) is 0 Å². The molecule has 146 valence electrons. The van der Waals surface area contributed by atoms with E-state index in [9.17, 15) is 4.79 Å². The number of hydrogen-bond donors (Lipinski definition) is 1. The monoisotopic (exact) mass is 379 g/mol. The lowest BCUT2D eigenvalue weighted by molar-refractivity contribution is 0.0948. The molecule has 0 aliphatic rings. The van der Waals surface area contributed by atoms with Gasteiger partial charge in [0.15, 0.2) is 0 Å². The van der Waals surface area contributed by atoms with E-state index in [0.29, 0.717) is 24.4 Å². The van der Waals surface area contributed by atoms with Crippen LogP contribution in [0.15, 0.2) is 61.1 Å². The third-order valence-corrected chi connectivity index (χ3v) is 4.37. The average molecular weight is 379 g/mol. The Labute approximate surface area is 165 Å². The Morgan fingerprint density at radius 2 is 2.00 bits per heavy atom. The van der Waals surface area contributed by atoms with Crippen molar-refractivity contribution in [3.8, 4) is 16.9 Å². The number of methoxy groups -OCH3 is 1. The Kier molecular flexibility index (Phi) is 6.89. The first-order valence-electron chi connectivity index (χ1n) is 9.20. The van der Waals surface area contributed by atoms with Gasteiger partial charge in [0.1, 0.15) is 5.69 Å². The van der Waals surface area contributed by atoms with Crippen molar-refractivity contribution in [3.63, 3.8) is 0 Å². The van der Waals surface area contributed by atoms with Crippen LogP contribution in [0.3, 0.4) is 0 Å². The van der Waals surface area contributed by atoms with Gasteiger partial charge in [-0.15, -0.1) is 0 Å². The van der Waals surface area contributed by atoms with Crippen molar-refractivity contribution in [1.82, 2.24) is 25.0 Å². The van der Waals surface area contributed by atoms with Crippen molar-refractivity contribution in [3.05, 3.63) is 66.6 Å². The van der Waals surface area contributed by atoms with Gasteiger partial charge in [0.05, 0.1) is 17.9 Å². The molecule has 0 saturated heterocycles. The molecule has 7 heteroatoms. The largest absolute Gasteiger partial charge is 0.383 e. The first-order chi connectivity index (χ1) is 13.7. The summed E-state index contributed by atoms with van der Waals surface area (Å²) in [4.78, 5) is 19.1. The molecule has 0 radical (unpaired) electrons. The van der Waals surface area contributed by atoms with Crippen LogP contribution in [0.4, 0.5) is 0 Å². The van der Waals surface area contributed by atoms with Gasteiger partial charge in [0.25, 0.3) is 5.91 Å². The van der Waals surface area contributed by atoms with E-state index >= 15 is 0 Å². The number of carbonyl (C=O) groups excluding carboxylic acids is 1. The van der Waals surface area contributed by atoms with E-state index in [-0.39, 0.29) is 5.91 Å². The molecule has 1 amide bonds. The standard InChI is InChI=1S/C21H25N5O2/c1-25(13-14-28-2)12-11-23-21(27)19-16-26(18-8-4-3-5-9-18)24-20(19)17-7-6-10-22-15-17/h3-10,15-16H,11-14H2,1-2H3,(H,23,27). The van der Waals surface area contributed by atoms with Crippen LogP contribution in [-0.2, 0) is 4.74 Å². The zero-order valence-electron chi connectivity index (χ0n) is 16.2. The minimum atomic E-state index is -0.152. The lowest BCUT2D eigenvalue weighted by Crippen LogP contribution is -2.34. The number of amides is 1. The van der Waals surface area contributed by atoms with Crippen LogP contribution in [0, 0.1) is 0 Å². The second kappa shape index (κ2) is 9.77. The van der Waals surface area contributed by atoms with E-state index in [1.807, 2.05) is 49.5 Å². The molecule has 3 aromatic rings. The first kappa shape index (κ1) is 19.7. The van der Waals surface area contributed by atoms with Crippen molar-refractivity contribution >= 4 is 5.91 Å². The minimum Gasteiger partial charge on any atom is -0.383 e. The van der Waals surface area contributed by atoms with Gasteiger partial charge in [0, 0.05) is 50.9 Å². The topological polar surface area (TPSA) is 72.3 Å². The van der Waals surface area contributed by atoms with Gasteiger partial charge >= 0.3 is 0 Å². The number of nitrogens with zero attached hydrogens (tertiary/aromatic N) is 4. The molecule has 1 aromatic carbocycles. The van der Waals surface area contributed by atoms with Crippen LogP contribution in [0.2, 0.25) is 0 Å². The lowest BCUT2D eigenvalue weighted by atomic mass is 10.1. The number of rotatable bonds is 9. The number of nitrogens with one attached hydrogen (secondary N) is 1. The van der Waals surface area contributed by atoms with Crippen LogP contribution in [0.25, 0.3) is 16.9 Å². The summed E-state index contributed by atoms with van der Waals surface area (Å²) in [6.45, 7) is 2.77. The van der Waals surface area contributed by atoms with Crippen LogP contribution in [-0.4, -0.2) is 66.0 Å². The van der Waals surface area contributed by atoms with Crippen LogP contribution >= 0.6 is 0 Å². The Hall–Kier alpha value is -3.03. The molecule has 3 rings (SSSR count). The molecule has 0 saturated carbocycles. The van der Waals surface area contributed by atoms with Gasteiger partial charge in [-0.3, -0.25) is 9.78 Å². The highest BCUT2D eigenvalue weighted by Crippen LogP contribution is 2.23. The molecule has 0 aliphatic carbocycles. The fourth-order valence-electron chi connectivity index (χ4n) is 2.78. The number of benzene rings is 1. The van der Waals surface area contributed by atoms with Gasteiger partial charge in [0.2, 0.25) is 0 Å². The third kappa shape index (κ3) is 5.03. The van der Waals surface area contributed by atoms with Gasteiger partial charge in [-0.1, -0.05) is 18.2 Å². The van der Waals surface area contributed by atoms with Crippen molar-refractivity contribution in [2.24, 2.45) is 0 Å². The number of carbonyl (C=O) groups is 1. The highest BCUT2D eigenvalue weighted by molar-refractivity contribution is 5.99. The molecule has 0 bridgehead atoms. The summed E-state index contributed by atoms with van der Waals surface area (Å²) < 4.78 is 6.80. The lowest BCUT2D eigenvalue weighted by Gasteiger charge is -2.16. The number of para-hydroxylation sites is 1. The first-order valence-corrected chi connectivity index (χ1v) is 9.20. The normalized spacial score (nSPS) is 11.0. The van der Waals surface area contributed by atoms with Gasteiger partial charge < -0.3 is 15.0 Å². The van der Waals surface area contributed by atoms with Crippen molar-refractivity contribution in [2.45, 2.75) is 0 Å². The quantitative estimate of drug-likeness (QED) is 0.617. The third-order valence-electron chi connectivity index (χ3n) is 4.37. The maximum Gasteiger partial charge on any atom is 0.255 e. The zero-order chi connectivity index (χ0) is 19.8. The van der Waals surface area contributed by atoms with Crippen molar-refractivity contribution in [1.29, 1.82) is 0 Å². The smallest absolute Gasteiger partial charge is 0.255 e. The average Bonchev–Trinajstić information content (AvgIpc) is 3.19. The molecule has 2 heterocycles. The molecule has 0 spiro atoms. The van der Waals surface area contributed by atoms with Gasteiger partial charge in [-0.2, -0.15) is 5.10 Å². The molecule has 0 unspecified atom stereocenters. The minimum absolute atomic E-state index is 0.152. The number of aromatic nitrogens is 3. The van der Waals surface area contributed by atoms with Crippen LogP contribution in [0.1, 0.15) is 10.4 Å². The van der Waals surface area contributed by atoms with E-state index in [4.69, 9.17) is 4.74 Å². The van der Waals surface area contributed by atoms with Gasteiger partial charge in [-0.25, -0.2) is 4.68 Å². The maximum absolute atomic E-state index is 12.9. The molecular weight excluding hydrogens is 354 g/mol. The molecule has 0 atom stereocenters. The maximum atomic E-state index is 12.9. The number of pyridine rings is 1. The number of hydrogen-bond acceptors (Lipinski definition) is 5. The molecule has 2 aromatic heterocycles.